The molecule has 0 saturated heterocycles. The van der Waals surface area contributed by atoms with E-state index in [1.54, 1.807) is 42.5 Å². The number of carboxylic acid groups (broad SMARTS) is 1. The van der Waals surface area contributed by atoms with Gasteiger partial charge in [0.15, 0.2) is 0 Å². The lowest BCUT2D eigenvalue weighted by Crippen LogP contribution is -2.16. The summed E-state index contributed by atoms with van der Waals surface area (Å²) in [6.45, 7) is 0. The van der Waals surface area contributed by atoms with E-state index in [4.69, 9.17) is 5.73 Å². The van der Waals surface area contributed by atoms with Crippen LogP contribution < -0.4 is 11.3 Å². The summed E-state index contributed by atoms with van der Waals surface area (Å²) in [4.78, 5) is 26.1. The predicted molar refractivity (Wildman–Crippen MR) is 98.7 cm³/mol. The van der Waals surface area contributed by atoms with E-state index in [0.717, 1.165) is 0 Å². The molecule has 130 valence electrons. The molecule has 3 aromatic rings. The zero-order chi connectivity index (χ0) is 19.6. The molecule has 0 amide bonds. The quantitative estimate of drug-likeness (QED) is 0.658. The minimum absolute atomic E-state index is 0.0496. The number of rotatable bonds is 3. The number of hydrogen-bond acceptors (Lipinski definition) is 5. The van der Waals surface area contributed by atoms with Crippen LogP contribution in [0.4, 0.5) is 5.82 Å². The van der Waals surface area contributed by atoms with Gasteiger partial charge in [0, 0.05) is 5.56 Å². The van der Waals surface area contributed by atoms with E-state index < -0.39 is 11.5 Å². The summed E-state index contributed by atoms with van der Waals surface area (Å²) in [7, 11) is 0. The molecule has 0 aliphatic rings. The lowest BCUT2D eigenvalue weighted by Gasteiger charge is -2.15. The van der Waals surface area contributed by atoms with Gasteiger partial charge in [-0.15, -0.1) is 0 Å². The Morgan fingerprint density at radius 2 is 1.48 bits per heavy atom. The van der Waals surface area contributed by atoms with Gasteiger partial charge in [-0.3, -0.25) is 4.79 Å². The normalized spacial score (nSPS) is 10.0. The van der Waals surface area contributed by atoms with Crippen molar-refractivity contribution in [3.63, 3.8) is 0 Å². The number of anilines is 1. The largest absolute Gasteiger partial charge is 0.478 e. The van der Waals surface area contributed by atoms with Crippen LogP contribution >= 0.6 is 0 Å². The first-order valence-corrected chi connectivity index (χ1v) is 7.77. The highest BCUT2D eigenvalue weighted by Gasteiger charge is 2.22. The van der Waals surface area contributed by atoms with E-state index >= 15 is 0 Å². The Morgan fingerprint density at radius 3 is 2.07 bits per heavy atom. The molecule has 2 aromatic carbocycles. The molecule has 0 bridgehead atoms. The molecule has 7 nitrogen and oxygen atoms in total. The lowest BCUT2D eigenvalue weighted by molar-refractivity contribution is 0.0697. The molecule has 0 aliphatic heterocycles. The fourth-order valence-electron chi connectivity index (χ4n) is 2.95. The number of carboxylic acids is 1. The number of nitrogen functional groups attached to an aromatic ring is 1. The van der Waals surface area contributed by atoms with Crippen molar-refractivity contribution in [2.75, 3.05) is 5.73 Å². The summed E-state index contributed by atoms with van der Waals surface area (Å²) < 4.78 is 0. The summed E-state index contributed by atoms with van der Waals surface area (Å²) >= 11 is 0. The Kier molecular flexibility index (Phi) is 4.44. The first kappa shape index (κ1) is 17.5. The molecule has 0 saturated carbocycles. The molecule has 1 heterocycles. The fourth-order valence-corrected chi connectivity index (χ4v) is 2.95. The molecule has 0 unspecified atom stereocenters. The van der Waals surface area contributed by atoms with Crippen molar-refractivity contribution in [3.05, 3.63) is 75.6 Å². The smallest absolute Gasteiger partial charge is 0.336 e. The van der Waals surface area contributed by atoms with E-state index in [1.165, 1.54) is 6.07 Å². The van der Waals surface area contributed by atoms with Gasteiger partial charge < -0.3 is 15.8 Å². The van der Waals surface area contributed by atoms with Crippen molar-refractivity contribution in [3.8, 4) is 34.4 Å². The highest BCUT2D eigenvalue weighted by Crippen LogP contribution is 2.37. The van der Waals surface area contributed by atoms with Crippen LogP contribution in [0.25, 0.3) is 22.3 Å². The third-order valence-electron chi connectivity index (χ3n) is 4.11. The van der Waals surface area contributed by atoms with E-state index in [-0.39, 0.29) is 28.1 Å². The molecule has 0 fully saturated rings. The first-order valence-electron chi connectivity index (χ1n) is 7.77. The molecule has 0 spiro atoms. The van der Waals surface area contributed by atoms with Crippen LogP contribution in [0, 0.1) is 22.7 Å². The third-order valence-corrected chi connectivity index (χ3v) is 4.11. The summed E-state index contributed by atoms with van der Waals surface area (Å²) in [6, 6.07) is 16.7. The molecular weight excluding hydrogens is 344 g/mol. The van der Waals surface area contributed by atoms with Gasteiger partial charge in [-0.1, -0.05) is 42.5 Å². The number of carbonyl (C=O) groups is 1. The maximum absolute atomic E-state index is 12.2. The van der Waals surface area contributed by atoms with Crippen LogP contribution in [0.1, 0.15) is 21.5 Å². The summed E-state index contributed by atoms with van der Waals surface area (Å²) in [5.41, 5.74) is 6.12. The number of H-pyrrole nitrogens is 1. The molecule has 0 aliphatic carbocycles. The Morgan fingerprint density at radius 1 is 0.926 bits per heavy atom. The molecule has 3 rings (SSSR count). The second-order valence-corrected chi connectivity index (χ2v) is 5.61. The standard InChI is InChI=1S/C20H12N4O3/c21-9-15-17(16(10-22)19(25)24-18(15)23)13-7-3-1-5-11(13)12-6-2-4-8-14(12)20(26)27/h1-8H,(H,26,27)(H3,23,24,25). The minimum atomic E-state index is -1.12. The van der Waals surface area contributed by atoms with Crippen LogP contribution in [-0.4, -0.2) is 16.1 Å². The van der Waals surface area contributed by atoms with E-state index in [0.29, 0.717) is 16.7 Å². The van der Waals surface area contributed by atoms with Crippen molar-refractivity contribution in [1.82, 2.24) is 4.98 Å². The molecule has 27 heavy (non-hydrogen) atoms. The topological polar surface area (TPSA) is 144 Å². The number of aromatic nitrogens is 1. The molecule has 0 radical (unpaired) electrons. The van der Waals surface area contributed by atoms with Gasteiger partial charge in [0.25, 0.3) is 5.56 Å². The maximum Gasteiger partial charge on any atom is 0.336 e. The van der Waals surface area contributed by atoms with Crippen molar-refractivity contribution in [1.29, 1.82) is 10.5 Å². The SMILES string of the molecule is N#Cc1c(N)[nH]c(=O)c(C#N)c1-c1ccccc1-c1ccccc1C(=O)O. The van der Waals surface area contributed by atoms with Gasteiger partial charge >= 0.3 is 5.97 Å². The highest BCUT2D eigenvalue weighted by atomic mass is 16.4. The third kappa shape index (κ3) is 2.90. The van der Waals surface area contributed by atoms with Gasteiger partial charge in [0.1, 0.15) is 29.1 Å². The molecule has 0 atom stereocenters. The molecule has 7 heteroatoms. The van der Waals surface area contributed by atoms with Gasteiger partial charge in [0.2, 0.25) is 0 Å². The lowest BCUT2D eigenvalue weighted by atomic mass is 9.88. The minimum Gasteiger partial charge on any atom is -0.478 e. The number of nitriles is 2. The van der Waals surface area contributed by atoms with Crippen molar-refractivity contribution in [2.24, 2.45) is 0 Å². The predicted octanol–water partition coefficient (Wildman–Crippen LogP) is 2.73. The second-order valence-electron chi connectivity index (χ2n) is 5.61. The number of benzene rings is 2. The van der Waals surface area contributed by atoms with Crippen LogP contribution in [0.5, 0.6) is 0 Å². The number of aromatic amines is 1. The average molecular weight is 356 g/mol. The fraction of sp³-hybridized carbons (Fsp3) is 0. The average Bonchev–Trinajstić information content (AvgIpc) is 2.67. The van der Waals surface area contributed by atoms with E-state index in [2.05, 4.69) is 4.98 Å². The highest BCUT2D eigenvalue weighted by molar-refractivity contribution is 6.00. The Labute approximate surface area is 153 Å². The van der Waals surface area contributed by atoms with Crippen molar-refractivity contribution in [2.45, 2.75) is 0 Å². The van der Waals surface area contributed by atoms with Gasteiger partial charge in [0.05, 0.1) is 5.56 Å². The van der Waals surface area contributed by atoms with Gasteiger partial charge in [-0.05, 0) is 22.8 Å². The molecule has 1 aromatic heterocycles. The summed E-state index contributed by atoms with van der Waals surface area (Å²) in [5.74, 6) is -1.27. The number of aromatic carboxylic acids is 1. The molecule has 4 N–H and O–H groups in total. The first-order chi connectivity index (χ1) is 13.0. The molecular formula is C20H12N4O3. The Bertz CT molecular complexity index is 1210. The second kappa shape index (κ2) is 6.87. The summed E-state index contributed by atoms with van der Waals surface area (Å²) in [5, 5.41) is 28.5. The number of nitrogens with one attached hydrogen (secondary N) is 1. The van der Waals surface area contributed by atoms with E-state index in [1.807, 2.05) is 12.1 Å². The van der Waals surface area contributed by atoms with Crippen LogP contribution in [0.3, 0.4) is 0 Å². The maximum atomic E-state index is 12.2. The number of nitrogens with zero attached hydrogens (tertiary/aromatic N) is 2. The van der Waals surface area contributed by atoms with Crippen LogP contribution in [0.15, 0.2) is 53.3 Å². The van der Waals surface area contributed by atoms with Crippen LogP contribution in [0.2, 0.25) is 0 Å². The van der Waals surface area contributed by atoms with E-state index in [9.17, 15) is 25.2 Å². The van der Waals surface area contributed by atoms with Crippen molar-refractivity contribution < 1.29 is 9.90 Å². The zero-order valence-electron chi connectivity index (χ0n) is 13.9. The van der Waals surface area contributed by atoms with Crippen LogP contribution in [-0.2, 0) is 0 Å². The Hall–Kier alpha value is -4.36. The number of pyridine rings is 1. The monoisotopic (exact) mass is 356 g/mol. The number of nitrogens with two attached hydrogens (primary N) is 1. The van der Waals surface area contributed by atoms with Gasteiger partial charge in [-0.2, -0.15) is 10.5 Å². The summed E-state index contributed by atoms with van der Waals surface area (Å²) in [6.07, 6.45) is 0. The number of hydrogen-bond donors (Lipinski definition) is 3. The van der Waals surface area contributed by atoms with Gasteiger partial charge in [-0.25, -0.2) is 4.79 Å². The zero-order valence-corrected chi connectivity index (χ0v) is 13.9. The Balaban J connectivity index is 2.46. The van der Waals surface area contributed by atoms with Crippen molar-refractivity contribution >= 4 is 11.8 Å².